The van der Waals surface area contributed by atoms with Gasteiger partial charge in [0.2, 0.25) is 0 Å². The molecule has 0 saturated carbocycles. The molecule has 2 N–H and O–H groups in total. The van der Waals surface area contributed by atoms with Crippen molar-refractivity contribution in [2.75, 3.05) is 5.75 Å². The molecule has 0 radical (unpaired) electrons. The summed E-state index contributed by atoms with van der Waals surface area (Å²) in [6.07, 6.45) is 1.05. The monoisotopic (exact) mass is 195 g/mol. The van der Waals surface area contributed by atoms with E-state index < -0.39 is 0 Å². The SMILES string of the molecule is CC[C@@H](N)CSc1cccc(C)c1. The Kier molecular flexibility index (Phi) is 4.33. The highest BCUT2D eigenvalue weighted by Crippen LogP contribution is 2.19. The predicted molar refractivity (Wildman–Crippen MR) is 60.2 cm³/mol. The fourth-order valence-corrected chi connectivity index (χ4v) is 2.11. The number of hydrogen-bond acceptors (Lipinski definition) is 2. The Morgan fingerprint density at radius 3 is 2.85 bits per heavy atom. The molecule has 1 aromatic rings. The Morgan fingerprint density at radius 2 is 2.23 bits per heavy atom. The van der Waals surface area contributed by atoms with E-state index in [4.69, 9.17) is 5.73 Å². The molecule has 0 aliphatic heterocycles. The maximum absolute atomic E-state index is 5.84. The van der Waals surface area contributed by atoms with Crippen molar-refractivity contribution < 1.29 is 0 Å². The highest BCUT2D eigenvalue weighted by atomic mass is 32.2. The van der Waals surface area contributed by atoms with Crippen LogP contribution >= 0.6 is 11.8 Å². The van der Waals surface area contributed by atoms with Crippen molar-refractivity contribution in [1.29, 1.82) is 0 Å². The van der Waals surface area contributed by atoms with Gasteiger partial charge in [-0.1, -0.05) is 24.6 Å². The van der Waals surface area contributed by atoms with Gasteiger partial charge in [-0.25, -0.2) is 0 Å². The van der Waals surface area contributed by atoms with Gasteiger partial charge in [0.15, 0.2) is 0 Å². The minimum Gasteiger partial charge on any atom is -0.327 e. The van der Waals surface area contributed by atoms with Gasteiger partial charge in [0.05, 0.1) is 0 Å². The van der Waals surface area contributed by atoms with Crippen LogP contribution in [0.3, 0.4) is 0 Å². The van der Waals surface area contributed by atoms with Crippen molar-refractivity contribution >= 4 is 11.8 Å². The highest BCUT2D eigenvalue weighted by molar-refractivity contribution is 7.99. The topological polar surface area (TPSA) is 26.0 Å². The predicted octanol–water partition coefficient (Wildman–Crippen LogP) is 2.82. The molecule has 0 bridgehead atoms. The largest absolute Gasteiger partial charge is 0.327 e. The minimum absolute atomic E-state index is 0.325. The van der Waals surface area contributed by atoms with E-state index in [1.807, 2.05) is 11.8 Å². The van der Waals surface area contributed by atoms with Gasteiger partial charge in [-0.3, -0.25) is 0 Å². The molecular formula is C11H17NS. The van der Waals surface area contributed by atoms with Crippen molar-refractivity contribution in [3.05, 3.63) is 29.8 Å². The molecule has 0 unspecified atom stereocenters. The zero-order valence-electron chi connectivity index (χ0n) is 8.29. The number of aryl methyl sites for hydroxylation is 1. The first-order valence-electron chi connectivity index (χ1n) is 4.67. The maximum Gasteiger partial charge on any atom is 0.0132 e. The maximum atomic E-state index is 5.84. The van der Waals surface area contributed by atoms with Gasteiger partial charge in [0, 0.05) is 16.7 Å². The summed E-state index contributed by atoms with van der Waals surface area (Å²) in [5.41, 5.74) is 7.15. The standard InChI is InChI=1S/C11H17NS/c1-3-10(12)8-13-11-6-4-5-9(2)7-11/h4-7,10H,3,8,12H2,1-2H3/t10-/m1/s1. The molecule has 0 aromatic heterocycles. The van der Waals surface area contributed by atoms with E-state index in [9.17, 15) is 0 Å². The first-order chi connectivity index (χ1) is 6.22. The Bertz CT molecular complexity index is 260. The second kappa shape index (κ2) is 5.30. The molecule has 1 rings (SSSR count). The van der Waals surface area contributed by atoms with Gasteiger partial charge in [-0.05, 0) is 25.5 Å². The summed E-state index contributed by atoms with van der Waals surface area (Å²) in [4.78, 5) is 1.32. The molecule has 1 aromatic carbocycles. The summed E-state index contributed by atoms with van der Waals surface area (Å²) >= 11 is 1.84. The molecule has 72 valence electrons. The van der Waals surface area contributed by atoms with Gasteiger partial charge in [0.25, 0.3) is 0 Å². The first-order valence-corrected chi connectivity index (χ1v) is 5.66. The molecule has 13 heavy (non-hydrogen) atoms. The normalized spacial score (nSPS) is 12.8. The van der Waals surface area contributed by atoms with Crippen LogP contribution in [0.25, 0.3) is 0 Å². The molecular weight excluding hydrogens is 178 g/mol. The lowest BCUT2D eigenvalue weighted by atomic mass is 10.2. The second-order valence-corrected chi connectivity index (χ2v) is 4.39. The zero-order valence-corrected chi connectivity index (χ0v) is 9.10. The summed E-state index contributed by atoms with van der Waals surface area (Å²) in [6, 6.07) is 8.87. The summed E-state index contributed by atoms with van der Waals surface area (Å²) in [6.45, 7) is 4.24. The Morgan fingerprint density at radius 1 is 1.46 bits per heavy atom. The average Bonchev–Trinajstić information content (AvgIpc) is 2.14. The van der Waals surface area contributed by atoms with Crippen LogP contribution in [0.5, 0.6) is 0 Å². The average molecular weight is 195 g/mol. The lowest BCUT2D eigenvalue weighted by molar-refractivity contribution is 0.725. The van der Waals surface area contributed by atoms with Crippen LogP contribution in [0.2, 0.25) is 0 Å². The molecule has 0 fully saturated rings. The second-order valence-electron chi connectivity index (χ2n) is 3.30. The van der Waals surface area contributed by atoms with E-state index in [0.29, 0.717) is 6.04 Å². The molecule has 0 aliphatic rings. The molecule has 1 atom stereocenters. The van der Waals surface area contributed by atoms with Crippen molar-refractivity contribution in [1.82, 2.24) is 0 Å². The minimum atomic E-state index is 0.325. The lowest BCUT2D eigenvalue weighted by Gasteiger charge is -2.07. The summed E-state index contributed by atoms with van der Waals surface area (Å²) < 4.78 is 0. The smallest absolute Gasteiger partial charge is 0.0132 e. The number of hydrogen-bond donors (Lipinski definition) is 1. The Labute approximate surface area is 84.7 Å². The van der Waals surface area contributed by atoms with Gasteiger partial charge in [0.1, 0.15) is 0 Å². The van der Waals surface area contributed by atoms with Crippen LogP contribution in [0, 0.1) is 6.92 Å². The van der Waals surface area contributed by atoms with Gasteiger partial charge in [-0.15, -0.1) is 11.8 Å². The van der Waals surface area contributed by atoms with E-state index in [0.717, 1.165) is 12.2 Å². The van der Waals surface area contributed by atoms with Gasteiger partial charge >= 0.3 is 0 Å². The lowest BCUT2D eigenvalue weighted by Crippen LogP contribution is -2.21. The third-order valence-corrected chi connectivity index (χ3v) is 3.16. The summed E-state index contributed by atoms with van der Waals surface area (Å²) in [5.74, 6) is 1.01. The van der Waals surface area contributed by atoms with E-state index in [-0.39, 0.29) is 0 Å². The number of rotatable bonds is 4. The van der Waals surface area contributed by atoms with E-state index in [2.05, 4.69) is 38.1 Å². The molecule has 1 nitrogen and oxygen atoms in total. The van der Waals surface area contributed by atoms with E-state index >= 15 is 0 Å². The first kappa shape index (κ1) is 10.6. The van der Waals surface area contributed by atoms with Gasteiger partial charge < -0.3 is 5.73 Å². The molecule has 2 heteroatoms. The van der Waals surface area contributed by atoms with E-state index in [1.54, 1.807) is 0 Å². The van der Waals surface area contributed by atoms with Crippen molar-refractivity contribution in [2.45, 2.75) is 31.2 Å². The highest BCUT2D eigenvalue weighted by Gasteiger charge is 2.00. The quantitative estimate of drug-likeness (QED) is 0.748. The zero-order chi connectivity index (χ0) is 9.68. The van der Waals surface area contributed by atoms with Crippen LogP contribution in [-0.2, 0) is 0 Å². The third-order valence-electron chi connectivity index (χ3n) is 1.98. The third kappa shape index (κ3) is 3.83. The van der Waals surface area contributed by atoms with Crippen LogP contribution in [0.4, 0.5) is 0 Å². The molecule has 0 saturated heterocycles. The Hall–Kier alpha value is -0.470. The molecule has 0 spiro atoms. The Balaban J connectivity index is 2.45. The molecule has 0 amide bonds. The van der Waals surface area contributed by atoms with Crippen LogP contribution in [0.1, 0.15) is 18.9 Å². The summed E-state index contributed by atoms with van der Waals surface area (Å²) in [7, 11) is 0. The van der Waals surface area contributed by atoms with Crippen LogP contribution in [0.15, 0.2) is 29.2 Å². The number of nitrogens with two attached hydrogens (primary N) is 1. The van der Waals surface area contributed by atoms with Crippen molar-refractivity contribution in [3.63, 3.8) is 0 Å². The van der Waals surface area contributed by atoms with Crippen LogP contribution in [-0.4, -0.2) is 11.8 Å². The number of thioether (sulfide) groups is 1. The van der Waals surface area contributed by atoms with Gasteiger partial charge in [-0.2, -0.15) is 0 Å². The fraction of sp³-hybridized carbons (Fsp3) is 0.455. The van der Waals surface area contributed by atoms with Crippen LogP contribution < -0.4 is 5.73 Å². The summed E-state index contributed by atoms with van der Waals surface area (Å²) in [5, 5.41) is 0. The molecule has 0 heterocycles. The van der Waals surface area contributed by atoms with Crippen molar-refractivity contribution in [2.24, 2.45) is 5.73 Å². The van der Waals surface area contributed by atoms with E-state index in [1.165, 1.54) is 10.5 Å². The number of benzene rings is 1. The van der Waals surface area contributed by atoms with Crippen molar-refractivity contribution in [3.8, 4) is 0 Å². The fourth-order valence-electron chi connectivity index (χ4n) is 1.03. The molecule has 0 aliphatic carbocycles.